The Labute approximate surface area is 138 Å². The average molecular weight is 336 g/mol. The second kappa shape index (κ2) is 6.73. The summed E-state index contributed by atoms with van der Waals surface area (Å²) < 4.78 is 0. The van der Waals surface area contributed by atoms with Gasteiger partial charge in [0.15, 0.2) is 0 Å². The van der Waals surface area contributed by atoms with Gasteiger partial charge in [-0.1, -0.05) is 6.07 Å². The van der Waals surface area contributed by atoms with Gasteiger partial charge in [0.1, 0.15) is 11.2 Å². The SMILES string of the molecule is CNc1ccc(C(C)(NC(=O)O)C(=O)N2CCCC2)cc1[N+](=O)[O-]. The summed E-state index contributed by atoms with van der Waals surface area (Å²) in [7, 11) is 1.55. The zero-order chi connectivity index (χ0) is 17.9. The van der Waals surface area contributed by atoms with E-state index < -0.39 is 22.5 Å². The van der Waals surface area contributed by atoms with Crippen LogP contribution in [0.1, 0.15) is 25.3 Å². The van der Waals surface area contributed by atoms with Crippen LogP contribution in [0.4, 0.5) is 16.2 Å². The zero-order valence-electron chi connectivity index (χ0n) is 13.5. The Bertz CT molecular complexity index is 672. The van der Waals surface area contributed by atoms with Crippen molar-refractivity contribution in [3.8, 4) is 0 Å². The lowest BCUT2D eigenvalue weighted by Gasteiger charge is -2.32. The van der Waals surface area contributed by atoms with Crippen molar-refractivity contribution < 1.29 is 19.6 Å². The number of carbonyl (C=O) groups excluding carboxylic acids is 1. The molecule has 0 saturated carbocycles. The third-order valence-corrected chi connectivity index (χ3v) is 4.22. The van der Waals surface area contributed by atoms with E-state index in [1.807, 2.05) is 0 Å². The Kier molecular flexibility index (Phi) is 4.91. The minimum Gasteiger partial charge on any atom is -0.465 e. The number of nitrogens with zero attached hydrogens (tertiary/aromatic N) is 2. The Morgan fingerprint density at radius 1 is 1.33 bits per heavy atom. The van der Waals surface area contributed by atoms with Crippen molar-refractivity contribution >= 4 is 23.4 Å². The fourth-order valence-electron chi connectivity index (χ4n) is 2.90. The first-order valence-corrected chi connectivity index (χ1v) is 7.56. The van der Waals surface area contributed by atoms with Gasteiger partial charge in [-0.15, -0.1) is 0 Å². The summed E-state index contributed by atoms with van der Waals surface area (Å²) >= 11 is 0. The quantitative estimate of drug-likeness (QED) is 0.555. The summed E-state index contributed by atoms with van der Waals surface area (Å²) in [5.74, 6) is -0.408. The summed E-state index contributed by atoms with van der Waals surface area (Å²) in [4.78, 5) is 36.3. The minimum absolute atomic E-state index is 0.220. The van der Waals surface area contributed by atoms with Crippen LogP contribution >= 0.6 is 0 Å². The molecule has 0 radical (unpaired) electrons. The maximum atomic E-state index is 12.9. The van der Waals surface area contributed by atoms with Gasteiger partial charge in [-0.2, -0.15) is 0 Å². The number of hydrogen-bond acceptors (Lipinski definition) is 5. The van der Waals surface area contributed by atoms with Crippen molar-refractivity contribution in [2.75, 3.05) is 25.5 Å². The maximum Gasteiger partial charge on any atom is 0.405 e. The molecule has 2 rings (SSSR count). The van der Waals surface area contributed by atoms with Crippen molar-refractivity contribution in [2.45, 2.75) is 25.3 Å². The first kappa shape index (κ1) is 17.5. The number of likely N-dealkylation sites (tertiary alicyclic amines) is 1. The maximum absolute atomic E-state index is 12.9. The van der Waals surface area contributed by atoms with Gasteiger partial charge in [-0.3, -0.25) is 14.9 Å². The van der Waals surface area contributed by atoms with Gasteiger partial charge in [-0.25, -0.2) is 4.79 Å². The smallest absolute Gasteiger partial charge is 0.405 e. The number of carbonyl (C=O) groups is 2. The van der Waals surface area contributed by atoms with Gasteiger partial charge in [0, 0.05) is 26.2 Å². The van der Waals surface area contributed by atoms with Crippen molar-refractivity contribution in [3.63, 3.8) is 0 Å². The highest BCUT2D eigenvalue weighted by molar-refractivity contribution is 5.91. The number of nitrogens with one attached hydrogen (secondary N) is 2. The third-order valence-electron chi connectivity index (χ3n) is 4.22. The van der Waals surface area contributed by atoms with Gasteiger partial charge < -0.3 is 20.6 Å². The number of anilines is 1. The zero-order valence-corrected chi connectivity index (χ0v) is 13.5. The Balaban J connectivity index is 2.51. The average Bonchev–Trinajstić information content (AvgIpc) is 3.06. The van der Waals surface area contributed by atoms with E-state index in [-0.39, 0.29) is 16.9 Å². The number of rotatable bonds is 5. The molecule has 1 aromatic carbocycles. The topological polar surface area (TPSA) is 125 Å². The predicted octanol–water partition coefficient (Wildman–Crippen LogP) is 1.74. The fraction of sp³-hybridized carbons (Fsp3) is 0.467. The number of amides is 2. The van der Waals surface area contributed by atoms with Crippen molar-refractivity contribution in [3.05, 3.63) is 33.9 Å². The molecule has 9 nitrogen and oxygen atoms in total. The summed E-state index contributed by atoms with van der Waals surface area (Å²) in [6, 6.07) is 4.21. The van der Waals surface area contributed by atoms with Crippen LogP contribution in [0.5, 0.6) is 0 Å². The van der Waals surface area contributed by atoms with Gasteiger partial charge in [-0.05, 0) is 31.4 Å². The Morgan fingerprint density at radius 2 is 1.96 bits per heavy atom. The number of nitro groups is 1. The molecule has 1 heterocycles. The Hall–Kier alpha value is -2.84. The monoisotopic (exact) mass is 336 g/mol. The van der Waals surface area contributed by atoms with Crippen LogP contribution in [0, 0.1) is 10.1 Å². The van der Waals surface area contributed by atoms with Gasteiger partial charge in [0.2, 0.25) is 0 Å². The predicted molar refractivity (Wildman–Crippen MR) is 87.0 cm³/mol. The number of carboxylic acid groups (broad SMARTS) is 1. The summed E-state index contributed by atoms with van der Waals surface area (Å²) in [6.45, 7) is 2.53. The normalized spacial score (nSPS) is 16.3. The van der Waals surface area contributed by atoms with Crippen molar-refractivity contribution in [1.29, 1.82) is 0 Å². The standard InChI is InChI=1S/C15H20N4O5/c1-15(17-14(21)22,13(20)18-7-3-4-8-18)10-5-6-11(16-2)12(9-10)19(23)24/h5-6,9,16-17H,3-4,7-8H2,1-2H3,(H,21,22). The molecule has 1 aliphatic heterocycles. The minimum atomic E-state index is -1.59. The molecule has 0 aromatic heterocycles. The molecule has 0 spiro atoms. The lowest BCUT2D eigenvalue weighted by molar-refractivity contribution is -0.384. The highest BCUT2D eigenvalue weighted by Gasteiger charge is 2.41. The van der Waals surface area contributed by atoms with Crippen LogP contribution in [0.25, 0.3) is 0 Å². The van der Waals surface area contributed by atoms with Gasteiger partial charge in [0.05, 0.1) is 4.92 Å². The molecule has 130 valence electrons. The van der Waals surface area contributed by atoms with Crippen LogP contribution in [0.3, 0.4) is 0 Å². The molecule has 1 aliphatic rings. The molecule has 2 amide bonds. The molecular formula is C15H20N4O5. The molecule has 24 heavy (non-hydrogen) atoms. The molecule has 0 aliphatic carbocycles. The highest BCUT2D eigenvalue weighted by atomic mass is 16.6. The molecule has 1 fully saturated rings. The third kappa shape index (κ3) is 3.24. The van der Waals surface area contributed by atoms with E-state index in [0.717, 1.165) is 12.8 Å². The lowest BCUT2D eigenvalue weighted by atomic mass is 9.89. The number of hydrogen-bond donors (Lipinski definition) is 3. The molecular weight excluding hydrogens is 316 g/mol. The number of benzene rings is 1. The van der Waals surface area contributed by atoms with Gasteiger partial charge >= 0.3 is 6.09 Å². The molecule has 0 bridgehead atoms. The van der Waals surface area contributed by atoms with E-state index in [1.165, 1.54) is 25.1 Å². The van der Waals surface area contributed by atoms with E-state index in [0.29, 0.717) is 13.1 Å². The van der Waals surface area contributed by atoms with Gasteiger partial charge in [0.25, 0.3) is 11.6 Å². The highest BCUT2D eigenvalue weighted by Crippen LogP contribution is 2.32. The molecule has 1 atom stereocenters. The first-order chi connectivity index (χ1) is 11.3. The molecule has 1 aromatic rings. The molecule has 1 unspecified atom stereocenters. The van der Waals surface area contributed by atoms with Crippen molar-refractivity contribution in [1.82, 2.24) is 10.2 Å². The molecule has 1 saturated heterocycles. The van der Waals surface area contributed by atoms with E-state index in [4.69, 9.17) is 5.11 Å². The van der Waals surface area contributed by atoms with Crippen LogP contribution in [-0.2, 0) is 10.3 Å². The van der Waals surface area contributed by atoms with E-state index >= 15 is 0 Å². The lowest BCUT2D eigenvalue weighted by Crippen LogP contribution is -2.54. The van der Waals surface area contributed by atoms with E-state index in [9.17, 15) is 19.7 Å². The van der Waals surface area contributed by atoms with Crippen molar-refractivity contribution in [2.24, 2.45) is 0 Å². The summed E-state index contributed by atoms with van der Waals surface area (Å²) in [5.41, 5.74) is -1.29. The largest absolute Gasteiger partial charge is 0.465 e. The first-order valence-electron chi connectivity index (χ1n) is 7.56. The van der Waals surface area contributed by atoms with E-state index in [2.05, 4.69) is 10.6 Å². The summed E-state index contributed by atoms with van der Waals surface area (Å²) in [5, 5.41) is 25.3. The van der Waals surface area contributed by atoms with Crippen LogP contribution in [0.2, 0.25) is 0 Å². The van der Waals surface area contributed by atoms with E-state index in [1.54, 1.807) is 11.9 Å². The van der Waals surface area contributed by atoms with Crippen LogP contribution in [-0.4, -0.2) is 47.1 Å². The molecule has 9 heteroatoms. The summed E-state index contributed by atoms with van der Waals surface area (Å²) in [6.07, 6.45) is 0.340. The molecule has 3 N–H and O–H groups in total. The number of nitro benzene ring substituents is 1. The second-order valence-corrected chi connectivity index (χ2v) is 5.79. The Morgan fingerprint density at radius 3 is 2.46 bits per heavy atom. The van der Waals surface area contributed by atoms with Crippen LogP contribution in [0.15, 0.2) is 18.2 Å². The van der Waals surface area contributed by atoms with Crippen LogP contribution < -0.4 is 10.6 Å². The second-order valence-electron chi connectivity index (χ2n) is 5.79. The fourth-order valence-corrected chi connectivity index (χ4v) is 2.90.